The topological polar surface area (TPSA) is 60.8 Å². The van der Waals surface area contributed by atoms with Gasteiger partial charge in [-0.05, 0) is 30.3 Å². The number of amides is 1. The lowest BCUT2D eigenvalue weighted by molar-refractivity contribution is 0.0992. The van der Waals surface area contributed by atoms with Crippen molar-refractivity contribution in [3.63, 3.8) is 0 Å². The molecule has 2 rings (SSSR count). The number of rotatable bonds is 2. The summed E-state index contributed by atoms with van der Waals surface area (Å²) in [6, 6.07) is 9.18. The van der Waals surface area contributed by atoms with Crippen molar-refractivity contribution in [1.82, 2.24) is 0 Å². The zero-order valence-electron chi connectivity index (χ0n) is 10.2. The minimum absolute atomic E-state index is 0.115. The number of hydrogen-bond donors (Lipinski definition) is 2. The zero-order chi connectivity index (χ0) is 14.0. The van der Waals surface area contributed by atoms with Crippen molar-refractivity contribution in [2.24, 2.45) is 0 Å². The zero-order valence-corrected chi connectivity index (χ0v) is 10.2. The van der Waals surface area contributed by atoms with Gasteiger partial charge in [-0.2, -0.15) is 0 Å². The lowest BCUT2D eigenvalue weighted by Crippen LogP contribution is -2.26. The van der Waals surface area contributed by atoms with Crippen molar-refractivity contribution in [2.75, 3.05) is 11.9 Å². The number of phenols is 2. The maximum Gasteiger partial charge on any atom is 0.258 e. The van der Waals surface area contributed by atoms with Gasteiger partial charge in [-0.3, -0.25) is 4.79 Å². The normalized spacial score (nSPS) is 10.2. The average Bonchev–Trinajstić information content (AvgIpc) is 2.36. The molecule has 19 heavy (non-hydrogen) atoms. The van der Waals surface area contributed by atoms with Gasteiger partial charge in [0.05, 0.1) is 0 Å². The van der Waals surface area contributed by atoms with E-state index in [1.165, 1.54) is 42.3 Å². The van der Waals surface area contributed by atoms with Crippen molar-refractivity contribution < 1.29 is 19.4 Å². The van der Waals surface area contributed by atoms with Crippen LogP contribution in [-0.4, -0.2) is 23.2 Å². The number of phenolic OH excluding ortho intramolecular Hbond substituents is 2. The summed E-state index contributed by atoms with van der Waals surface area (Å²) in [7, 11) is 1.48. The molecule has 0 fully saturated rings. The predicted molar refractivity (Wildman–Crippen MR) is 68.9 cm³/mol. The molecule has 0 heterocycles. The number of benzene rings is 2. The maximum absolute atomic E-state index is 13.1. The molecule has 0 aromatic heterocycles. The number of anilines is 1. The Morgan fingerprint density at radius 2 is 1.74 bits per heavy atom. The average molecular weight is 261 g/mol. The molecule has 0 saturated carbocycles. The van der Waals surface area contributed by atoms with Crippen LogP contribution in [0.5, 0.6) is 11.5 Å². The molecule has 0 unspecified atom stereocenters. The van der Waals surface area contributed by atoms with Gasteiger partial charge in [0.2, 0.25) is 0 Å². The Morgan fingerprint density at radius 1 is 1.11 bits per heavy atom. The van der Waals surface area contributed by atoms with E-state index in [2.05, 4.69) is 0 Å². The Labute approximate surface area is 109 Å². The lowest BCUT2D eigenvalue weighted by Gasteiger charge is -2.17. The molecule has 0 saturated heterocycles. The molecule has 5 heteroatoms. The fraction of sp³-hybridized carbons (Fsp3) is 0.0714. The van der Waals surface area contributed by atoms with Gasteiger partial charge in [0.15, 0.2) is 0 Å². The third-order valence-electron chi connectivity index (χ3n) is 2.65. The van der Waals surface area contributed by atoms with Crippen molar-refractivity contribution in [3.8, 4) is 11.5 Å². The first-order valence-corrected chi connectivity index (χ1v) is 5.54. The second kappa shape index (κ2) is 4.97. The van der Waals surface area contributed by atoms with Gasteiger partial charge < -0.3 is 15.1 Å². The Morgan fingerprint density at radius 3 is 2.32 bits per heavy atom. The fourth-order valence-corrected chi connectivity index (χ4v) is 1.71. The van der Waals surface area contributed by atoms with Crippen LogP contribution in [0.4, 0.5) is 10.1 Å². The van der Waals surface area contributed by atoms with E-state index in [4.69, 9.17) is 0 Å². The van der Waals surface area contributed by atoms with Gasteiger partial charge in [-0.1, -0.05) is 6.07 Å². The van der Waals surface area contributed by atoms with E-state index in [1.807, 2.05) is 0 Å². The molecule has 0 aliphatic rings. The van der Waals surface area contributed by atoms with Crippen LogP contribution in [0, 0.1) is 5.82 Å². The molecule has 0 aliphatic heterocycles. The summed E-state index contributed by atoms with van der Waals surface area (Å²) in [5, 5.41) is 18.7. The number of halogens is 1. The van der Waals surface area contributed by atoms with Crippen LogP contribution < -0.4 is 4.90 Å². The number of carbonyl (C=O) groups excluding carboxylic acids is 1. The molecular weight excluding hydrogens is 249 g/mol. The van der Waals surface area contributed by atoms with Crippen molar-refractivity contribution in [2.45, 2.75) is 0 Å². The van der Waals surface area contributed by atoms with Gasteiger partial charge in [-0.15, -0.1) is 0 Å². The lowest BCUT2D eigenvalue weighted by atomic mass is 10.1. The molecule has 0 aliphatic carbocycles. The first kappa shape index (κ1) is 12.9. The molecule has 0 atom stereocenters. The minimum atomic E-state index is -0.461. The first-order valence-electron chi connectivity index (χ1n) is 5.54. The van der Waals surface area contributed by atoms with E-state index in [-0.39, 0.29) is 17.1 Å². The molecule has 0 spiro atoms. The summed E-state index contributed by atoms with van der Waals surface area (Å²) in [6.45, 7) is 0. The molecular formula is C14H12FNO3. The van der Waals surface area contributed by atoms with Gasteiger partial charge in [0.1, 0.15) is 17.3 Å². The molecule has 4 nitrogen and oxygen atoms in total. The summed E-state index contributed by atoms with van der Waals surface area (Å²) < 4.78 is 13.1. The predicted octanol–water partition coefficient (Wildman–Crippen LogP) is 2.51. The van der Waals surface area contributed by atoms with E-state index in [0.29, 0.717) is 5.69 Å². The van der Waals surface area contributed by atoms with Crippen molar-refractivity contribution in [3.05, 3.63) is 53.8 Å². The highest BCUT2D eigenvalue weighted by Crippen LogP contribution is 2.23. The van der Waals surface area contributed by atoms with Crippen LogP contribution >= 0.6 is 0 Å². The van der Waals surface area contributed by atoms with Crippen LogP contribution in [0.15, 0.2) is 42.5 Å². The highest BCUT2D eigenvalue weighted by Gasteiger charge is 2.15. The quantitative estimate of drug-likeness (QED) is 0.873. The minimum Gasteiger partial charge on any atom is -0.508 e. The van der Waals surface area contributed by atoms with Crippen molar-refractivity contribution >= 4 is 11.6 Å². The molecule has 2 N–H and O–H groups in total. The van der Waals surface area contributed by atoms with Crippen LogP contribution in [0.1, 0.15) is 10.4 Å². The van der Waals surface area contributed by atoms with Crippen molar-refractivity contribution in [1.29, 1.82) is 0 Å². The molecule has 1 amide bonds. The number of hydrogen-bond acceptors (Lipinski definition) is 3. The number of nitrogens with zero attached hydrogens (tertiary/aromatic N) is 1. The first-order chi connectivity index (χ1) is 8.97. The fourth-order valence-electron chi connectivity index (χ4n) is 1.71. The molecule has 2 aromatic carbocycles. The van der Waals surface area contributed by atoms with Crippen LogP contribution in [0.3, 0.4) is 0 Å². The van der Waals surface area contributed by atoms with Gasteiger partial charge in [-0.25, -0.2) is 4.39 Å². The molecule has 0 radical (unpaired) electrons. The van der Waals surface area contributed by atoms with E-state index in [0.717, 1.165) is 6.07 Å². The third-order valence-corrected chi connectivity index (χ3v) is 2.65. The SMILES string of the molecule is CN(C(=O)c1cc(O)cc(O)c1)c1cccc(F)c1. The van der Waals surface area contributed by atoms with E-state index in [1.54, 1.807) is 6.07 Å². The summed E-state index contributed by atoms with van der Waals surface area (Å²) in [4.78, 5) is 13.4. The highest BCUT2D eigenvalue weighted by atomic mass is 19.1. The summed E-state index contributed by atoms with van der Waals surface area (Å²) in [5.41, 5.74) is 0.497. The number of carbonyl (C=O) groups is 1. The van der Waals surface area contributed by atoms with Crippen LogP contribution in [-0.2, 0) is 0 Å². The summed E-state index contributed by atoms with van der Waals surface area (Å²) in [6.07, 6.45) is 0. The standard InChI is InChI=1S/C14H12FNO3/c1-16(11-4-2-3-10(15)7-11)14(19)9-5-12(17)8-13(18)6-9/h2-8,17-18H,1H3. The summed E-state index contributed by atoms with van der Waals surface area (Å²) >= 11 is 0. The van der Waals surface area contributed by atoms with E-state index >= 15 is 0 Å². The summed E-state index contributed by atoms with van der Waals surface area (Å²) in [5.74, 6) is -1.33. The van der Waals surface area contributed by atoms with Crippen LogP contribution in [0.2, 0.25) is 0 Å². The maximum atomic E-state index is 13.1. The van der Waals surface area contributed by atoms with Crippen LogP contribution in [0.25, 0.3) is 0 Å². The molecule has 2 aromatic rings. The monoisotopic (exact) mass is 261 g/mol. The highest BCUT2D eigenvalue weighted by molar-refractivity contribution is 6.06. The molecule has 0 bridgehead atoms. The van der Waals surface area contributed by atoms with E-state index < -0.39 is 11.7 Å². The van der Waals surface area contributed by atoms with Gasteiger partial charge in [0.25, 0.3) is 5.91 Å². The smallest absolute Gasteiger partial charge is 0.258 e. The second-order valence-corrected chi connectivity index (χ2v) is 4.08. The van der Waals surface area contributed by atoms with Gasteiger partial charge >= 0.3 is 0 Å². The Bertz CT molecular complexity index is 608. The van der Waals surface area contributed by atoms with Gasteiger partial charge in [0, 0.05) is 24.4 Å². The third kappa shape index (κ3) is 2.82. The Hall–Kier alpha value is -2.56. The van der Waals surface area contributed by atoms with E-state index in [9.17, 15) is 19.4 Å². The second-order valence-electron chi connectivity index (χ2n) is 4.08. The molecule has 98 valence electrons. The Balaban J connectivity index is 2.33. The largest absolute Gasteiger partial charge is 0.508 e. The Kier molecular flexibility index (Phi) is 3.37. The number of aromatic hydroxyl groups is 2.